The molecule has 4 unspecified atom stereocenters. The van der Waals surface area contributed by atoms with Gasteiger partial charge in [-0.2, -0.15) is 0 Å². The minimum Gasteiger partial charge on any atom is -0.314 e. The number of rotatable bonds is 5. The van der Waals surface area contributed by atoms with Gasteiger partial charge in [-0.1, -0.05) is 6.42 Å². The summed E-state index contributed by atoms with van der Waals surface area (Å²) in [5, 5.41) is 3.73. The van der Waals surface area contributed by atoms with E-state index in [-0.39, 0.29) is 0 Å². The van der Waals surface area contributed by atoms with Crippen LogP contribution in [-0.4, -0.2) is 12.6 Å². The van der Waals surface area contributed by atoms with Crippen LogP contribution in [0.15, 0.2) is 0 Å². The lowest BCUT2D eigenvalue weighted by atomic mass is 9.86. The van der Waals surface area contributed by atoms with Crippen molar-refractivity contribution in [2.75, 3.05) is 6.54 Å². The Hall–Kier alpha value is -0.0400. The van der Waals surface area contributed by atoms with Gasteiger partial charge in [-0.05, 0) is 75.7 Å². The Morgan fingerprint density at radius 3 is 2.60 bits per heavy atom. The van der Waals surface area contributed by atoms with E-state index in [1.807, 2.05) is 0 Å². The molecule has 0 amide bonds. The normalized spacial score (nSPS) is 41.0. The van der Waals surface area contributed by atoms with E-state index in [1.165, 1.54) is 25.8 Å². The molecule has 15 heavy (non-hydrogen) atoms. The molecule has 3 fully saturated rings. The van der Waals surface area contributed by atoms with Crippen molar-refractivity contribution in [1.29, 1.82) is 0 Å². The lowest BCUT2D eigenvalue weighted by Gasteiger charge is -2.22. The minimum absolute atomic E-state index is 0.795. The van der Waals surface area contributed by atoms with Crippen LogP contribution in [-0.2, 0) is 0 Å². The van der Waals surface area contributed by atoms with Crippen LogP contribution in [0.3, 0.4) is 0 Å². The van der Waals surface area contributed by atoms with E-state index in [4.69, 9.17) is 0 Å². The standard InChI is InChI=1S/C14H25N/c1-10(12-4-5-12)15-7-6-14-9-11-2-3-13(14)8-11/h10-15H,2-9H2,1H3. The summed E-state index contributed by atoms with van der Waals surface area (Å²) in [4.78, 5) is 0. The van der Waals surface area contributed by atoms with Gasteiger partial charge in [-0.15, -0.1) is 0 Å². The third-order valence-electron chi connectivity index (χ3n) is 5.20. The summed E-state index contributed by atoms with van der Waals surface area (Å²) in [5.41, 5.74) is 0. The molecule has 3 aliphatic carbocycles. The number of hydrogen-bond acceptors (Lipinski definition) is 1. The molecule has 0 spiro atoms. The van der Waals surface area contributed by atoms with Gasteiger partial charge in [0.15, 0.2) is 0 Å². The van der Waals surface area contributed by atoms with Crippen molar-refractivity contribution < 1.29 is 0 Å². The molecular formula is C14H25N. The molecule has 2 bridgehead atoms. The summed E-state index contributed by atoms with van der Waals surface area (Å²) in [7, 11) is 0. The predicted octanol–water partition coefficient (Wildman–Crippen LogP) is 3.20. The zero-order valence-corrected chi connectivity index (χ0v) is 10.0. The van der Waals surface area contributed by atoms with E-state index in [2.05, 4.69) is 12.2 Å². The quantitative estimate of drug-likeness (QED) is 0.730. The third kappa shape index (κ3) is 2.22. The summed E-state index contributed by atoms with van der Waals surface area (Å²) >= 11 is 0. The van der Waals surface area contributed by atoms with Crippen LogP contribution < -0.4 is 5.32 Å². The first-order chi connectivity index (χ1) is 7.33. The van der Waals surface area contributed by atoms with E-state index in [0.717, 1.165) is 29.7 Å². The Kier molecular flexibility index (Phi) is 2.76. The summed E-state index contributed by atoms with van der Waals surface area (Å²) in [6.45, 7) is 3.66. The molecule has 3 saturated carbocycles. The highest BCUT2D eigenvalue weighted by molar-refractivity contribution is 4.90. The molecule has 0 radical (unpaired) electrons. The Morgan fingerprint density at radius 1 is 1.13 bits per heavy atom. The van der Waals surface area contributed by atoms with Gasteiger partial charge in [-0.25, -0.2) is 0 Å². The van der Waals surface area contributed by atoms with Gasteiger partial charge < -0.3 is 5.32 Å². The van der Waals surface area contributed by atoms with Crippen molar-refractivity contribution in [2.45, 2.75) is 57.9 Å². The molecule has 86 valence electrons. The Balaban J connectivity index is 1.35. The first-order valence-corrected chi connectivity index (χ1v) is 7.06. The molecule has 1 nitrogen and oxygen atoms in total. The maximum absolute atomic E-state index is 3.73. The molecule has 0 heterocycles. The van der Waals surface area contributed by atoms with Crippen LogP contribution in [0.2, 0.25) is 0 Å². The zero-order chi connectivity index (χ0) is 10.3. The maximum Gasteiger partial charge on any atom is 0.00670 e. The molecule has 3 aliphatic rings. The average molecular weight is 207 g/mol. The van der Waals surface area contributed by atoms with Crippen molar-refractivity contribution in [3.05, 3.63) is 0 Å². The lowest BCUT2D eigenvalue weighted by Crippen LogP contribution is -2.30. The van der Waals surface area contributed by atoms with Crippen LogP contribution >= 0.6 is 0 Å². The third-order valence-corrected chi connectivity index (χ3v) is 5.20. The first kappa shape index (κ1) is 10.1. The zero-order valence-electron chi connectivity index (χ0n) is 10.0. The van der Waals surface area contributed by atoms with E-state index in [9.17, 15) is 0 Å². The van der Waals surface area contributed by atoms with Crippen molar-refractivity contribution in [3.63, 3.8) is 0 Å². The molecule has 1 N–H and O–H groups in total. The van der Waals surface area contributed by atoms with E-state index >= 15 is 0 Å². The van der Waals surface area contributed by atoms with Crippen molar-refractivity contribution in [1.82, 2.24) is 5.32 Å². The fraction of sp³-hybridized carbons (Fsp3) is 1.00. The SMILES string of the molecule is CC(NCCC1CC2CCC1C2)C1CC1. The number of hydrogen-bond donors (Lipinski definition) is 1. The summed E-state index contributed by atoms with van der Waals surface area (Å²) in [6.07, 6.45) is 10.6. The Labute approximate surface area is 94.0 Å². The molecule has 0 aromatic carbocycles. The second-order valence-electron chi connectivity index (χ2n) is 6.30. The lowest BCUT2D eigenvalue weighted by molar-refractivity contribution is 0.304. The minimum atomic E-state index is 0.795. The first-order valence-electron chi connectivity index (χ1n) is 7.06. The maximum atomic E-state index is 3.73. The fourth-order valence-electron chi connectivity index (χ4n) is 3.99. The van der Waals surface area contributed by atoms with Gasteiger partial charge in [-0.3, -0.25) is 0 Å². The Morgan fingerprint density at radius 2 is 2.00 bits per heavy atom. The van der Waals surface area contributed by atoms with Crippen LogP contribution in [0.25, 0.3) is 0 Å². The molecule has 0 aliphatic heterocycles. The highest BCUT2D eigenvalue weighted by Crippen LogP contribution is 2.49. The molecular weight excluding hydrogens is 182 g/mol. The molecule has 3 rings (SSSR count). The second kappa shape index (κ2) is 4.08. The average Bonchev–Trinajstić information content (AvgIpc) is 2.90. The number of fused-ring (bicyclic) bond motifs is 2. The van der Waals surface area contributed by atoms with E-state index in [1.54, 1.807) is 25.7 Å². The van der Waals surface area contributed by atoms with Crippen LogP contribution in [0.5, 0.6) is 0 Å². The van der Waals surface area contributed by atoms with E-state index in [0.29, 0.717) is 0 Å². The second-order valence-corrected chi connectivity index (χ2v) is 6.30. The van der Waals surface area contributed by atoms with E-state index < -0.39 is 0 Å². The Bertz CT molecular complexity index is 221. The van der Waals surface area contributed by atoms with Crippen LogP contribution in [0.4, 0.5) is 0 Å². The summed E-state index contributed by atoms with van der Waals surface area (Å²) in [5.74, 6) is 4.35. The largest absolute Gasteiger partial charge is 0.314 e. The van der Waals surface area contributed by atoms with Crippen molar-refractivity contribution in [2.24, 2.45) is 23.7 Å². The highest BCUT2D eigenvalue weighted by Gasteiger charge is 2.38. The monoisotopic (exact) mass is 207 g/mol. The summed E-state index contributed by atoms with van der Waals surface area (Å²) in [6, 6.07) is 0.795. The molecule has 0 aromatic rings. The van der Waals surface area contributed by atoms with Gasteiger partial charge in [0.25, 0.3) is 0 Å². The fourth-order valence-corrected chi connectivity index (χ4v) is 3.99. The van der Waals surface area contributed by atoms with Gasteiger partial charge in [0.1, 0.15) is 0 Å². The smallest absolute Gasteiger partial charge is 0.00670 e. The highest BCUT2D eigenvalue weighted by atomic mass is 14.9. The predicted molar refractivity (Wildman–Crippen MR) is 63.7 cm³/mol. The van der Waals surface area contributed by atoms with Gasteiger partial charge in [0, 0.05) is 6.04 Å². The van der Waals surface area contributed by atoms with Crippen molar-refractivity contribution >= 4 is 0 Å². The van der Waals surface area contributed by atoms with Crippen LogP contribution in [0, 0.1) is 23.7 Å². The molecule has 0 saturated heterocycles. The summed E-state index contributed by atoms with van der Waals surface area (Å²) < 4.78 is 0. The topological polar surface area (TPSA) is 12.0 Å². The van der Waals surface area contributed by atoms with Crippen molar-refractivity contribution in [3.8, 4) is 0 Å². The van der Waals surface area contributed by atoms with Gasteiger partial charge in [0.05, 0.1) is 0 Å². The van der Waals surface area contributed by atoms with Gasteiger partial charge in [0.2, 0.25) is 0 Å². The molecule has 1 heteroatoms. The van der Waals surface area contributed by atoms with Crippen LogP contribution in [0.1, 0.15) is 51.9 Å². The number of nitrogens with one attached hydrogen (secondary N) is 1. The molecule has 0 aromatic heterocycles. The van der Waals surface area contributed by atoms with Gasteiger partial charge >= 0.3 is 0 Å². The molecule has 4 atom stereocenters.